The Balaban J connectivity index is 2.24. The summed E-state index contributed by atoms with van der Waals surface area (Å²) in [6.45, 7) is 0.305. The van der Waals surface area contributed by atoms with Crippen molar-refractivity contribution in [2.75, 3.05) is 6.54 Å². The largest absolute Gasteiger partial charge is 0.330 e. The first-order valence-electron chi connectivity index (χ1n) is 5.53. The lowest BCUT2D eigenvalue weighted by molar-refractivity contribution is -0.0514. The van der Waals surface area contributed by atoms with Gasteiger partial charge in [-0.25, -0.2) is 13.8 Å². The van der Waals surface area contributed by atoms with E-state index in [1.807, 2.05) is 0 Å². The zero-order valence-corrected chi connectivity index (χ0v) is 10.1. The maximum absolute atomic E-state index is 13.2. The van der Waals surface area contributed by atoms with Gasteiger partial charge in [0.15, 0.2) is 0 Å². The van der Waals surface area contributed by atoms with E-state index in [2.05, 4.69) is 9.97 Å². The monoisotopic (exact) mass is 261 g/mol. The molecule has 2 rings (SSSR count). The zero-order valence-electron chi connectivity index (χ0n) is 9.30. The van der Waals surface area contributed by atoms with E-state index in [-0.39, 0.29) is 12.8 Å². The van der Waals surface area contributed by atoms with Crippen LogP contribution >= 0.6 is 11.6 Å². The van der Waals surface area contributed by atoms with Gasteiger partial charge in [-0.15, -0.1) is 0 Å². The van der Waals surface area contributed by atoms with E-state index in [1.165, 1.54) is 6.20 Å². The van der Waals surface area contributed by atoms with E-state index in [0.717, 1.165) is 0 Å². The molecular weight excluding hydrogens is 248 g/mol. The molecule has 1 aliphatic carbocycles. The van der Waals surface area contributed by atoms with Gasteiger partial charge >= 0.3 is 0 Å². The molecule has 0 atom stereocenters. The molecule has 17 heavy (non-hydrogen) atoms. The Morgan fingerprint density at radius 3 is 2.29 bits per heavy atom. The number of hydrogen-bond donors (Lipinski definition) is 1. The first-order chi connectivity index (χ1) is 7.97. The van der Waals surface area contributed by atoms with Gasteiger partial charge in [-0.2, -0.15) is 0 Å². The average molecular weight is 262 g/mol. The maximum atomic E-state index is 13.2. The van der Waals surface area contributed by atoms with Crippen LogP contribution in [-0.2, 0) is 5.41 Å². The molecule has 3 nitrogen and oxygen atoms in total. The number of aromatic nitrogens is 2. The summed E-state index contributed by atoms with van der Waals surface area (Å²) >= 11 is 5.66. The third-order valence-corrected chi connectivity index (χ3v) is 3.69. The fourth-order valence-electron chi connectivity index (χ4n) is 2.25. The lowest BCUT2D eigenvalue weighted by atomic mass is 9.71. The summed E-state index contributed by atoms with van der Waals surface area (Å²) in [6.07, 6.45) is 3.36. The SMILES string of the molecule is NCC1(c2cnc(Cl)cn2)CCC(F)(F)CC1. The molecule has 0 aromatic carbocycles. The summed E-state index contributed by atoms with van der Waals surface area (Å²) in [5, 5.41) is 0.294. The molecule has 0 unspecified atom stereocenters. The van der Waals surface area contributed by atoms with Gasteiger partial charge in [0.2, 0.25) is 5.92 Å². The molecule has 1 fully saturated rings. The second-order valence-electron chi connectivity index (χ2n) is 4.56. The Bertz CT molecular complexity index is 384. The van der Waals surface area contributed by atoms with Gasteiger partial charge in [0.25, 0.3) is 0 Å². The second-order valence-corrected chi connectivity index (χ2v) is 4.95. The predicted octanol–water partition coefficient (Wildman–Crippen LogP) is 2.54. The minimum absolute atomic E-state index is 0.144. The number of rotatable bonds is 2. The molecule has 0 spiro atoms. The van der Waals surface area contributed by atoms with Crippen molar-refractivity contribution < 1.29 is 8.78 Å². The van der Waals surface area contributed by atoms with Gasteiger partial charge in [0.1, 0.15) is 5.15 Å². The molecule has 0 saturated heterocycles. The van der Waals surface area contributed by atoms with E-state index >= 15 is 0 Å². The van der Waals surface area contributed by atoms with Crippen LogP contribution in [0.25, 0.3) is 0 Å². The van der Waals surface area contributed by atoms with E-state index in [1.54, 1.807) is 6.20 Å². The molecule has 1 aromatic heterocycles. The average Bonchev–Trinajstić information content (AvgIpc) is 2.31. The molecule has 2 N–H and O–H groups in total. The van der Waals surface area contributed by atoms with Crippen LogP contribution in [0.1, 0.15) is 31.4 Å². The molecule has 1 heterocycles. The van der Waals surface area contributed by atoms with Crippen LogP contribution in [0.4, 0.5) is 8.78 Å². The minimum Gasteiger partial charge on any atom is -0.330 e. The highest BCUT2D eigenvalue weighted by atomic mass is 35.5. The van der Waals surface area contributed by atoms with Crippen LogP contribution in [0.2, 0.25) is 5.15 Å². The Morgan fingerprint density at radius 1 is 1.18 bits per heavy atom. The molecule has 6 heteroatoms. The smallest absolute Gasteiger partial charge is 0.248 e. The summed E-state index contributed by atoms with van der Waals surface area (Å²) in [5.41, 5.74) is 5.94. The summed E-state index contributed by atoms with van der Waals surface area (Å²) in [4.78, 5) is 8.12. The third-order valence-electron chi connectivity index (χ3n) is 3.49. The van der Waals surface area contributed by atoms with E-state index < -0.39 is 11.3 Å². The lowest BCUT2D eigenvalue weighted by Crippen LogP contribution is -2.42. The van der Waals surface area contributed by atoms with Crippen molar-refractivity contribution in [2.45, 2.75) is 37.0 Å². The maximum Gasteiger partial charge on any atom is 0.248 e. The lowest BCUT2D eigenvalue weighted by Gasteiger charge is -2.38. The molecule has 1 aromatic rings. The highest BCUT2D eigenvalue weighted by molar-refractivity contribution is 6.29. The predicted molar refractivity (Wildman–Crippen MR) is 61.2 cm³/mol. The Morgan fingerprint density at radius 2 is 1.82 bits per heavy atom. The minimum atomic E-state index is -2.57. The highest BCUT2D eigenvalue weighted by Crippen LogP contribution is 2.44. The van der Waals surface area contributed by atoms with Crippen molar-refractivity contribution >= 4 is 11.6 Å². The van der Waals surface area contributed by atoms with Crippen molar-refractivity contribution in [3.8, 4) is 0 Å². The molecule has 1 aliphatic rings. The van der Waals surface area contributed by atoms with Gasteiger partial charge in [0.05, 0.1) is 18.1 Å². The zero-order chi connectivity index (χ0) is 12.5. The van der Waals surface area contributed by atoms with Gasteiger partial charge in [-0.05, 0) is 12.8 Å². The molecule has 1 saturated carbocycles. The molecule has 94 valence electrons. The highest BCUT2D eigenvalue weighted by Gasteiger charge is 2.44. The Kier molecular flexibility index (Phi) is 3.32. The van der Waals surface area contributed by atoms with Crippen LogP contribution in [0.5, 0.6) is 0 Å². The standard InChI is InChI=1S/C11H14ClF2N3/c12-9-6-16-8(5-17-9)10(7-15)1-3-11(13,14)4-2-10/h5-6H,1-4,7,15H2. The van der Waals surface area contributed by atoms with Gasteiger partial charge < -0.3 is 5.73 Å². The second kappa shape index (κ2) is 4.46. The number of alkyl halides is 2. The summed E-state index contributed by atoms with van der Waals surface area (Å²) in [6, 6.07) is 0. The van der Waals surface area contributed by atoms with E-state index in [0.29, 0.717) is 30.2 Å². The van der Waals surface area contributed by atoms with Crippen LogP contribution in [0.15, 0.2) is 12.4 Å². The van der Waals surface area contributed by atoms with Gasteiger partial charge in [-0.3, -0.25) is 4.98 Å². The summed E-state index contributed by atoms with van der Waals surface area (Å²) < 4.78 is 26.3. The molecule has 0 radical (unpaired) electrons. The fraction of sp³-hybridized carbons (Fsp3) is 0.636. The van der Waals surface area contributed by atoms with Crippen molar-refractivity contribution in [1.29, 1.82) is 0 Å². The molecular formula is C11H14ClF2N3. The number of halogens is 3. The molecule has 0 amide bonds. The van der Waals surface area contributed by atoms with Crippen molar-refractivity contribution in [3.63, 3.8) is 0 Å². The quantitative estimate of drug-likeness (QED) is 0.890. The number of nitrogens with two attached hydrogens (primary N) is 1. The first kappa shape index (κ1) is 12.6. The summed E-state index contributed by atoms with van der Waals surface area (Å²) in [7, 11) is 0. The van der Waals surface area contributed by atoms with Crippen LogP contribution in [-0.4, -0.2) is 22.4 Å². The molecule has 0 aliphatic heterocycles. The topological polar surface area (TPSA) is 51.8 Å². The Hall–Kier alpha value is -0.810. The van der Waals surface area contributed by atoms with Gasteiger partial charge in [0, 0.05) is 24.8 Å². The summed E-state index contributed by atoms with van der Waals surface area (Å²) in [5.74, 6) is -2.57. The van der Waals surface area contributed by atoms with Crippen LogP contribution in [0, 0.1) is 0 Å². The van der Waals surface area contributed by atoms with Crippen molar-refractivity contribution in [2.24, 2.45) is 5.73 Å². The normalized spacial score (nSPS) is 22.4. The number of nitrogens with zero attached hydrogens (tertiary/aromatic N) is 2. The van der Waals surface area contributed by atoms with E-state index in [9.17, 15) is 8.78 Å². The van der Waals surface area contributed by atoms with Crippen molar-refractivity contribution in [1.82, 2.24) is 9.97 Å². The van der Waals surface area contributed by atoms with Crippen molar-refractivity contribution in [3.05, 3.63) is 23.2 Å². The third kappa shape index (κ3) is 2.55. The fourth-order valence-corrected chi connectivity index (χ4v) is 2.34. The molecule has 0 bridgehead atoms. The number of hydrogen-bond acceptors (Lipinski definition) is 3. The Labute approximate surface area is 103 Å². The van der Waals surface area contributed by atoms with Crippen LogP contribution in [0.3, 0.4) is 0 Å². The first-order valence-corrected chi connectivity index (χ1v) is 5.91. The van der Waals surface area contributed by atoms with Gasteiger partial charge in [-0.1, -0.05) is 11.6 Å². The van der Waals surface area contributed by atoms with Crippen LogP contribution < -0.4 is 5.73 Å². The van der Waals surface area contributed by atoms with E-state index in [4.69, 9.17) is 17.3 Å².